The summed E-state index contributed by atoms with van der Waals surface area (Å²) in [5.41, 5.74) is 2.47. The minimum absolute atomic E-state index is 1.04. The minimum atomic E-state index is 1.04. The van der Waals surface area contributed by atoms with Gasteiger partial charge in [0.2, 0.25) is 0 Å². The zero-order chi connectivity index (χ0) is 6.81. The lowest BCUT2D eigenvalue weighted by Gasteiger charge is -2.10. The highest BCUT2D eigenvalue weighted by atomic mass is 32.2. The molecule has 2 aliphatic rings. The van der Waals surface area contributed by atoms with Gasteiger partial charge in [0.15, 0.2) is 0 Å². The van der Waals surface area contributed by atoms with Gasteiger partial charge < -0.3 is 0 Å². The maximum absolute atomic E-state index is 4.22. The fourth-order valence-electron chi connectivity index (χ4n) is 0.984. The van der Waals surface area contributed by atoms with Crippen LogP contribution in [-0.4, -0.2) is 5.71 Å². The van der Waals surface area contributed by atoms with Crippen LogP contribution in [0.5, 0.6) is 0 Å². The first-order valence-corrected chi connectivity index (χ1v) is 4.15. The smallest absolute Gasteiger partial charge is 0.0675 e. The number of nitrogens with zero attached hydrogens (tertiary/aromatic N) is 1. The van der Waals surface area contributed by atoms with Crippen molar-refractivity contribution in [3.05, 3.63) is 34.7 Å². The van der Waals surface area contributed by atoms with Crippen LogP contribution in [-0.2, 0) is 0 Å². The van der Waals surface area contributed by atoms with Crippen LogP contribution in [0.2, 0.25) is 0 Å². The van der Waals surface area contributed by atoms with Gasteiger partial charge in [-0.2, -0.15) is 0 Å². The van der Waals surface area contributed by atoms with Crippen LogP contribution >= 0.6 is 11.8 Å². The molecule has 2 aliphatic heterocycles. The fourth-order valence-corrected chi connectivity index (χ4v) is 1.65. The van der Waals surface area contributed by atoms with Gasteiger partial charge in [-0.05, 0) is 28.9 Å². The van der Waals surface area contributed by atoms with Crippen LogP contribution in [0.15, 0.2) is 39.7 Å². The third-order valence-corrected chi connectivity index (χ3v) is 2.21. The highest BCUT2D eigenvalue weighted by Crippen LogP contribution is 2.22. The number of thioether (sulfide) groups is 1. The number of aliphatic imine (C=N–C) groups is 1. The Morgan fingerprint density at radius 2 is 2.50 bits per heavy atom. The van der Waals surface area contributed by atoms with Gasteiger partial charge in [0.25, 0.3) is 0 Å². The molecular weight excluding hydrogens is 142 g/mol. The predicted molar refractivity (Wildman–Crippen MR) is 46.0 cm³/mol. The third-order valence-electron chi connectivity index (χ3n) is 1.50. The molecular formula is C8H7NS. The number of hydrogen-bond acceptors (Lipinski definition) is 2. The highest BCUT2D eigenvalue weighted by Gasteiger charge is 2.07. The van der Waals surface area contributed by atoms with Gasteiger partial charge in [0, 0.05) is 6.20 Å². The second kappa shape index (κ2) is 2.46. The van der Waals surface area contributed by atoms with Crippen LogP contribution in [0, 0.1) is 0 Å². The summed E-state index contributed by atoms with van der Waals surface area (Å²) in [6, 6.07) is 0. The SMILES string of the molecule is C1=CN=C2C=CSC=C2C1. The number of hydrogen-bond donors (Lipinski definition) is 0. The van der Waals surface area contributed by atoms with Crippen molar-refractivity contribution in [2.75, 3.05) is 0 Å². The predicted octanol–water partition coefficient (Wildman–Crippen LogP) is 2.49. The fraction of sp³-hybridized carbons (Fsp3) is 0.125. The van der Waals surface area contributed by atoms with Crippen molar-refractivity contribution in [2.45, 2.75) is 6.42 Å². The van der Waals surface area contributed by atoms with Crippen LogP contribution in [0.25, 0.3) is 0 Å². The standard InChI is InChI=1S/C8H7NS/c1-2-7-6-10-5-3-8(7)9-4-1/h1,3-6H,2H2. The molecule has 2 heteroatoms. The highest BCUT2D eigenvalue weighted by molar-refractivity contribution is 8.05. The van der Waals surface area contributed by atoms with Crippen molar-refractivity contribution in [1.29, 1.82) is 0 Å². The van der Waals surface area contributed by atoms with Crippen LogP contribution in [0.1, 0.15) is 6.42 Å². The molecule has 0 unspecified atom stereocenters. The third kappa shape index (κ3) is 0.948. The second-order valence-corrected chi connectivity index (χ2v) is 2.97. The summed E-state index contributed by atoms with van der Waals surface area (Å²) in [7, 11) is 0. The Labute approximate surface area is 64.2 Å². The molecule has 0 aromatic heterocycles. The first-order chi connectivity index (χ1) is 4.97. The molecule has 0 saturated heterocycles. The molecule has 0 atom stereocenters. The van der Waals surface area contributed by atoms with Gasteiger partial charge in [-0.1, -0.05) is 6.08 Å². The molecule has 2 heterocycles. The zero-order valence-electron chi connectivity index (χ0n) is 5.45. The van der Waals surface area contributed by atoms with Gasteiger partial charge >= 0.3 is 0 Å². The molecule has 0 saturated carbocycles. The average Bonchev–Trinajstić information content (AvgIpc) is 2.05. The average molecular weight is 149 g/mol. The maximum Gasteiger partial charge on any atom is 0.0675 e. The van der Waals surface area contributed by atoms with Gasteiger partial charge in [-0.3, -0.25) is 4.99 Å². The van der Waals surface area contributed by atoms with Crippen molar-refractivity contribution in [1.82, 2.24) is 0 Å². The molecule has 50 valence electrons. The first kappa shape index (κ1) is 5.98. The largest absolute Gasteiger partial charge is 0.257 e. The summed E-state index contributed by atoms with van der Waals surface area (Å²) >= 11 is 1.72. The normalized spacial score (nSPS) is 21.6. The molecule has 0 radical (unpaired) electrons. The van der Waals surface area contributed by atoms with Gasteiger partial charge in [0.1, 0.15) is 0 Å². The van der Waals surface area contributed by atoms with Crippen molar-refractivity contribution in [3.63, 3.8) is 0 Å². The Bertz CT molecular complexity index is 258. The lowest BCUT2D eigenvalue weighted by atomic mass is 10.1. The van der Waals surface area contributed by atoms with E-state index in [0.29, 0.717) is 0 Å². The summed E-state index contributed by atoms with van der Waals surface area (Å²) < 4.78 is 0. The summed E-state index contributed by atoms with van der Waals surface area (Å²) in [5.74, 6) is 0. The molecule has 0 N–H and O–H groups in total. The topological polar surface area (TPSA) is 12.4 Å². The summed E-state index contributed by atoms with van der Waals surface area (Å²) in [5, 5.41) is 4.21. The van der Waals surface area contributed by atoms with Crippen molar-refractivity contribution < 1.29 is 0 Å². The monoisotopic (exact) mass is 149 g/mol. The van der Waals surface area contributed by atoms with Crippen LogP contribution in [0.4, 0.5) is 0 Å². The zero-order valence-corrected chi connectivity index (χ0v) is 6.27. The molecule has 2 rings (SSSR count). The van der Waals surface area contributed by atoms with E-state index < -0.39 is 0 Å². The van der Waals surface area contributed by atoms with E-state index in [1.54, 1.807) is 11.8 Å². The maximum atomic E-state index is 4.22. The Morgan fingerprint density at radius 1 is 1.50 bits per heavy atom. The molecule has 10 heavy (non-hydrogen) atoms. The summed E-state index contributed by atoms with van der Waals surface area (Å²) in [4.78, 5) is 4.22. The van der Waals surface area contributed by atoms with Crippen LogP contribution in [0.3, 0.4) is 0 Å². The molecule has 0 aromatic carbocycles. The molecule has 0 aliphatic carbocycles. The molecule has 0 amide bonds. The number of allylic oxidation sites excluding steroid dienone is 3. The van der Waals surface area contributed by atoms with Gasteiger partial charge in [0.05, 0.1) is 5.71 Å². The molecule has 1 nitrogen and oxygen atoms in total. The van der Waals surface area contributed by atoms with Crippen molar-refractivity contribution in [2.24, 2.45) is 4.99 Å². The molecule has 0 aromatic rings. The van der Waals surface area contributed by atoms with E-state index in [2.05, 4.69) is 28.0 Å². The first-order valence-electron chi connectivity index (χ1n) is 3.21. The number of fused-ring (bicyclic) bond motifs is 1. The van der Waals surface area contributed by atoms with E-state index in [-0.39, 0.29) is 0 Å². The molecule has 0 bridgehead atoms. The van der Waals surface area contributed by atoms with E-state index in [1.807, 2.05) is 6.20 Å². The Balaban J connectivity index is 2.39. The van der Waals surface area contributed by atoms with E-state index in [1.165, 1.54) is 5.57 Å². The van der Waals surface area contributed by atoms with Crippen molar-refractivity contribution in [3.8, 4) is 0 Å². The lowest BCUT2D eigenvalue weighted by molar-refractivity contribution is 1.26. The molecule has 0 fully saturated rings. The van der Waals surface area contributed by atoms with Crippen LogP contribution < -0.4 is 0 Å². The summed E-state index contributed by atoms with van der Waals surface area (Å²) in [6.45, 7) is 0. The Morgan fingerprint density at radius 3 is 3.40 bits per heavy atom. The van der Waals surface area contributed by atoms with Gasteiger partial charge in [-0.25, -0.2) is 0 Å². The molecule has 0 spiro atoms. The lowest BCUT2D eigenvalue weighted by Crippen LogP contribution is -2.02. The minimum Gasteiger partial charge on any atom is -0.257 e. The van der Waals surface area contributed by atoms with Crippen molar-refractivity contribution >= 4 is 17.5 Å². The Hall–Kier alpha value is -0.760. The second-order valence-electron chi connectivity index (χ2n) is 2.19. The van der Waals surface area contributed by atoms with E-state index in [0.717, 1.165) is 12.1 Å². The van der Waals surface area contributed by atoms with E-state index in [9.17, 15) is 0 Å². The van der Waals surface area contributed by atoms with E-state index >= 15 is 0 Å². The Kier molecular flexibility index (Phi) is 1.47. The summed E-state index contributed by atoms with van der Waals surface area (Å²) in [6.07, 6.45) is 7.04. The van der Waals surface area contributed by atoms with Gasteiger partial charge in [-0.15, -0.1) is 11.8 Å². The quantitative estimate of drug-likeness (QED) is 0.515. The number of rotatable bonds is 0. The van der Waals surface area contributed by atoms with E-state index in [4.69, 9.17) is 0 Å².